The lowest BCUT2D eigenvalue weighted by atomic mass is 9.85. The zero-order valence-corrected chi connectivity index (χ0v) is 14.4. The van der Waals surface area contributed by atoms with E-state index in [2.05, 4.69) is 5.16 Å². The molecule has 0 radical (unpaired) electrons. The van der Waals surface area contributed by atoms with E-state index in [-0.39, 0.29) is 17.9 Å². The number of rotatable bonds is 4. The van der Waals surface area contributed by atoms with Crippen molar-refractivity contribution >= 4 is 11.7 Å². The third-order valence-corrected chi connectivity index (χ3v) is 3.77. The minimum absolute atomic E-state index is 0.00875. The molecular weight excluding hydrogens is 312 g/mol. The summed E-state index contributed by atoms with van der Waals surface area (Å²) in [6.45, 7) is 9.13. The van der Waals surface area contributed by atoms with Crippen LogP contribution in [-0.2, 0) is 16.8 Å². The molecule has 0 fully saturated rings. The molecule has 0 spiro atoms. The van der Waals surface area contributed by atoms with Gasteiger partial charge in [-0.15, -0.1) is 0 Å². The Kier molecular flexibility index (Phi) is 4.73. The lowest BCUT2D eigenvalue weighted by molar-refractivity contribution is -0.386. The number of ether oxygens (including phenoxy) is 1. The van der Waals surface area contributed by atoms with Crippen molar-refractivity contribution in [1.29, 1.82) is 0 Å². The SMILES string of the molecule is Cc1noc(C)c1COC(=O)c1ccc(C(C)(C)C)c([N+](=O)[O-])c1. The van der Waals surface area contributed by atoms with E-state index in [4.69, 9.17) is 9.26 Å². The van der Waals surface area contributed by atoms with E-state index in [1.54, 1.807) is 26.0 Å². The molecule has 0 aliphatic carbocycles. The first-order valence-corrected chi connectivity index (χ1v) is 7.49. The topological polar surface area (TPSA) is 95.5 Å². The Hall–Kier alpha value is -2.70. The van der Waals surface area contributed by atoms with Gasteiger partial charge in [-0.3, -0.25) is 10.1 Å². The number of benzene rings is 1. The van der Waals surface area contributed by atoms with Crippen LogP contribution in [0.4, 0.5) is 5.69 Å². The molecule has 1 aromatic heterocycles. The Morgan fingerprint density at radius 2 is 2.00 bits per heavy atom. The Balaban J connectivity index is 2.24. The molecule has 1 aromatic carbocycles. The predicted molar refractivity (Wildman–Crippen MR) is 86.9 cm³/mol. The average molecular weight is 332 g/mol. The average Bonchev–Trinajstić information content (AvgIpc) is 2.82. The van der Waals surface area contributed by atoms with Crippen molar-refractivity contribution in [2.45, 2.75) is 46.6 Å². The van der Waals surface area contributed by atoms with Gasteiger partial charge in [0.2, 0.25) is 0 Å². The Labute approximate surface area is 139 Å². The van der Waals surface area contributed by atoms with Crippen LogP contribution >= 0.6 is 0 Å². The van der Waals surface area contributed by atoms with Crippen LogP contribution in [0.2, 0.25) is 0 Å². The Morgan fingerprint density at radius 1 is 1.33 bits per heavy atom. The number of nitro benzene ring substituents is 1. The van der Waals surface area contributed by atoms with Gasteiger partial charge in [0.15, 0.2) is 0 Å². The van der Waals surface area contributed by atoms with E-state index in [9.17, 15) is 14.9 Å². The van der Waals surface area contributed by atoms with Crippen LogP contribution in [-0.4, -0.2) is 16.0 Å². The molecule has 128 valence electrons. The smallest absolute Gasteiger partial charge is 0.338 e. The predicted octanol–water partition coefficient (Wildman–Crippen LogP) is 3.85. The van der Waals surface area contributed by atoms with Crippen molar-refractivity contribution in [3.05, 3.63) is 56.5 Å². The fraction of sp³-hybridized carbons (Fsp3) is 0.412. The monoisotopic (exact) mass is 332 g/mol. The van der Waals surface area contributed by atoms with Crippen molar-refractivity contribution in [2.75, 3.05) is 0 Å². The molecule has 0 bridgehead atoms. The maximum absolute atomic E-state index is 12.2. The van der Waals surface area contributed by atoms with Gasteiger partial charge in [0, 0.05) is 11.6 Å². The summed E-state index contributed by atoms with van der Waals surface area (Å²) in [5.74, 6) is -0.0482. The molecule has 0 aliphatic rings. The van der Waals surface area contributed by atoms with Crippen LogP contribution < -0.4 is 0 Å². The zero-order chi connectivity index (χ0) is 18.1. The van der Waals surface area contributed by atoms with Crippen LogP contribution in [0.5, 0.6) is 0 Å². The summed E-state index contributed by atoms with van der Waals surface area (Å²) >= 11 is 0. The summed E-state index contributed by atoms with van der Waals surface area (Å²) in [5, 5.41) is 15.1. The Bertz CT molecular complexity index is 767. The molecule has 0 amide bonds. The van der Waals surface area contributed by atoms with Crippen LogP contribution in [0.1, 0.15) is 53.7 Å². The van der Waals surface area contributed by atoms with Crippen molar-refractivity contribution in [3.8, 4) is 0 Å². The van der Waals surface area contributed by atoms with E-state index in [0.717, 1.165) is 0 Å². The standard InChI is InChI=1S/C17H20N2O5/c1-10-13(11(2)24-18-10)9-23-16(20)12-6-7-14(17(3,4)5)15(8-12)19(21)22/h6-8H,9H2,1-5H3. The van der Waals surface area contributed by atoms with Crippen molar-refractivity contribution in [2.24, 2.45) is 0 Å². The first-order chi connectivity index (χ1) is 11.1. The second kappa shape index (κ2) is 6.43. The van der Waals surface area contributed by atoms with Gasteiger partial charge < -0.3 is 9.26 Å². The van der Waals surface area contributed by atoms with Crippen LogP contribution in [0.3, 0.4) is 0 Å². The summed E-state index contributed by atoms with van der Waals surface area (Å²) in [6, 6.07) is 4.41. The van der Waals surface area contributed by atoms with Gasteiger partial charge in [0.1, 0.15) is 12.4 Å². The molecule has 7 heteroatoms. The fourth-order valence-electron chi connectivity index (χ4n) is 2.37. The van der Waals surface area contributed by atoms with Gasteiger partial charge >= 0.3 is 5.97 Å². The lowest BCUT2D eigenvalue weighted by Gasteiger charge is -2.19. The van der Waals surface area contributed by atoms with E-state index < -0.39 is 16.3 Å². The molecule has 7 nitrogen and oxygen atoms in total. The maximum Gasteiger partial charge on any atom is 0.338 e. The first-order valence-electron chi connectivity index (χ1n) is 7.49. The summed E-state index contributed by atoms with van der Waals surface area (Å²) < 4.78 is 10.2. The highest BCUT2D eigenvalue weighted by molar-refractivity contribution is 5.90. The van der Waals surface area contributed by atoms with E-state index in [1.165, 1.54) is 6.07 Å². The van der Waals surface area contributed by atoms with Gasteiger partial charge in [0.05, 0.1) is 21.7 Å². The third-order valence-electron chi connectivity index (χ3n) is 3.77. The van der Waals surface area contributed by atoms with Crippen molar-refractivity contribution < 1.29 is 19.0 Å². The molecule has 24 heavy (non-hydrogen) atoms. The zero-order valence-electron chi connectivity index (χ0n) is 14.4. The first kappa shape index (κ1) is 17.7. The van der Waals surface area contributed by atoms with Crippen LogP contribution in [0, 0.1) is 24.0 Å². The molecule has 0 unspecified atom stereocenters. The number of carbonyl (C=O) groups is 1. The number of nitrogens with zero attached hydrogens (tertiary/aromatic N) is 2. The minimum atomic E-state index is -0.626. The van der Waals surface area contributed by atoms with Crippen molar-refractivity contribution in [1.82, 2.24) is 5.16 Å². The molecule has 2 aromatic rings. The minimum Gasteiger partial charge on any atom is -0.457 e. The molecule has 0 aliphatic heterocycles. The van der Waals surface area contributed by atoms with Gasteiger partial charge in [0.25, 0.3) is 5.69 Å². The number of nitro groups is 1. The molecule has 2 rings (SSSR count). The molecule has 1 heterocycles. The highest BCUT2D eigenvalue weighted by atomic mass is 16.6. The van der Waals surface area contributed by atoms with E-state index in [1.807, 2.05) is 20.8 Å². The highest BCUT2D eigenvalue weighted by Crippen LogP contribution is 2.32. The van der Waals surface area contributed by atoms with Gasteiger partial charge in [-0.05, 0) is 25.3 Å². The quantitative estimate of drug-likeness (QED) is 0.479. The molecule has 0 atom stereocenters. The number of carbonyl (C=O) groups excluding carboxylic acids is 1. The Morgan fingerprint density at radius 3 is 2.50 bits per heavy atom. The third kappa shape index (κ3) is 3.61. The summed E-state index contributed by atoms with van der Waals surface area (Å²) in [6.07, 6.45) is 0. The molecular formula is C17H20N2O5. The lowest BCUT2D eigenvalue weighted by Crippen LogP contribution is -2.15. The molecule has 0 N–H and O–H groups in total. The molecule has 0 saturated carbocycles. The number of hydrogen-bond donors (Lipinski definition) is 0. The summed E-state index contributed by atoms with van der Waals surface area (Å²) in [5.41, 5.74) is 1.56. The fourth-order valence-corrected chi connectivity index (χ4v) is 2.37. The van der Waals surface area contributed by atoms with Crippen LogP contribution in [0.25, 0.3) is 0 Å². The largest absolute Gasteiger partial charge is 0.457 e. The number of aromatic nitrogens is 1. The summed E-state index contributed by atoms with van der Waals surface area (Å²) in [7, 11) is 0. The number of hydrogen-bond acceptors (Lipinski definition) is 6. The second-order valence-corrected chi connectivity index (χ2v) is 6.62. The maximum atomic E-state index is 12.2. The van der Waals surface area contributed by atoms with Gasteiger partial charge in [-0.1, -0.05) is 32.0 Å². The normalized spacial score (nSPS) is 11.4. The van der Waals surface area contributed by atoms with Crippen molar-refractivity contribution in [3.63, 3.8) is 0 Å². The van der Waals surface area contributed by atoms with Crippen LogP contribution in [0.15, 0.2) is 22.7 Å². The molecule has 0 saturated heterocycles. The summed E-state index contributed by atoms with van der Waals surface area (Å²) in [4.78, 5) is 23.0. The number of esters is 1. The second-order valence-electron chi connectivity index (χ2n) is 6.62. The van der Waals surface area contributed by atoms with Gasteiger partial charge in [-0.2, -0.15) is 0 Å². The highest BCUT2D eigenvalue weighted by Gasteiger charge is 2.26. The number of aryl methyl sites for hydroxylation is 2. The van der Waals surface area contributed by atoms with Gasteiger partial charge in [-0.25, -0.2) is 4.79 Å². The van der Waals surface area contributed by atoms with E-state index >= 15 is 0 Å². The van der Waals surface area contributed by atoms with E-state index in [0.29, 0.717) is 22.6 Å².